The highest BCUT2D eigenvalue weighted by Gasteiger charge is 2.17. The number of nitrogens with one attached hydrogen (secondary N) is 1. The van der Waals surface area contributed by atoms with Crippen LogP contribution in [0.25, 0.3) is 10.9 Å². The number of anilines is 1. The maximum absolute atomic E-state index is 10.7. The van der Waals surface area contributed by atoms with Crippen LogP contribution >= 0.6 is 0 Å². The molecule has 1 aromatic carbocycles. The Morgan fingerprint density at radius 1 is 1.15 bits per heavy atom. The molecule has 0 aliphatic carbocycles. The van der Waals surface area contributed by atoms with E-state index in [0.717, 1.165) is 0 Å². The number of hydrogen-bond acceptors (Lipinski definition) is 10. The Morgan fingerprint density at radius 2 is 1.85 bits per heavy atom. The van der Waals surface area contributed by atoms with Crippen LogP contribution in [0.2, 0.25) is 0 Å². The summed E-state index contributed by atoms with van der Waals surface area (Å²) in [6.45, 7) is -0.376. The molecule has 0 saturated carbocycles. The number of nitrogens with zero attached hydrogens (tertiary/aromatic N) is 3. The Morgan fingerprint density at radius 3 is 2.46 bits per heavy atom. The third-order valence-corrected chi connectivity index (χ3v) is 3.35. The van der Waals surface area contributed by atoms with Crippen LogP contribution in [-0.4, -0.2) is 42.2 Å². The lowest BCUT2D eigenvalue weighted by atomic mass is 10.1. The van der Waals surface area contributed by atoms with Crippen LogP contribution in [0.1, 0.15) is 6.42 Å². The van der Waals surface area contributed by atoms with Gasteiger partial charge in [-0.3, -0.25) is 9.82 Å². The molecule has 0 saturated heterocycles. The molecule has 0 aliphatic heterocycles. The summed E-state index contributed by atoms with van der Waals surface area (Å²) in [5.74, 6) is 0.918. The lowest BCUT2D eigenvalue weighted by molar-refractivity contribution is -0.772. The molecular weight excluding hydrogens is 352 g/mol. The zero-order valence-electron chi connectivity index (χ0n) is 13.9. The van der Waals surface area contributed by atoms with E-state index < -0.39 is 16.4 Å². The van der Waals surface area contributed by atoms with Gasteiger partial charge in [0.1, 0.15) is 6.61 Å². The van der Waals surface area contributed by atoms with Crippen molar-refractivity contribution in [2.24, 2.45) is 0 Å². The highest BCUT2D eigenvalue weighted by atomic mass is 17.0. The first kappa shape index (κ1) is 18.8. The Bertz CT molecular complexity index is 800. The Kier molecular flexibility index (Phi) is 6.14. The van der Waals surface area contributed by atoms with Crippen molar-refractivity contribution < 1.29 is 29.3 Å². The van der Waals surface area contributed by atoms with Crippen LogP contribution in [0.5, 0.6) is 11.5 Å². The van der Waals surface area contributed by atoms with Crippen LogP contribution in [0.3, 0.4) is 0 Å². The first-order valence-corrected chi connectivity index (χ1v) is 7.30. The summed E-state index contributed by atoms with van der Waals surface area (Å²) < 4.78 is 10.5. The molecule has 0 fully saturated rings. The van der Waals surface area contributed by atoms with Gasteiger partial charge in [-0.25, -0.2) is 0 Å². The quantitative estimate of drug-likeness (QED) is 0.374. The van der Waals surface area contributed by atoms with E-state index in [1.807, 2.05) is 0 Å². The number of aromatic nitrogens is 1. The van der Waals surface area contributed by atoms with E-state index in [-0.39, 0.29) is 13.0 Å². The smallest absolute Gasteiger partial charge is 0.296 e. The number of fused-ring (bicyclic) bond motifs is 1. The minimum absolute atomic E-state index is 0.140. The fourth-order valence-electron chi connectivity index (χ4n) is 2.26. The molecule has 0 spiro atoms. The number of rotatable bonds is 10. The first-order valence-electron chi connectivity index (χ1n) is 7.30. The van der Waals surface area contributed by atoms with Crippen LogP contribution in [0.15, 0.2) is 24.4 Å². The normalized spacial score (nSPS) is 11.5. The van der Waals surface area contributed by atoms with Crippen LogP contribution in [-0.2, 0) is 9.68 Å². The Balaban J connectivity index is 2.30. The highest BCUT2D eigenvalue weighted by molar-refractivity contribution is 5.93. The SMILES string of the molecule is COc1cc2nccc(NC(CCO[N+](=O)[O-])O[N+](=O)[O-])c2cc1OC. The molecule has 12 nitrogen and oxygen atoms in total. The summed E-state index contributed by atoms with van der Waals surface area (Å²) in [5, 5.41) is 22.3. The minimum Gasteiger partial charge on any atom is -0.493 e. The summed E-state index contributed by atoms with van der Waals surface area (Å²) in [4.78, 5) is 33.8. The molecule has 12 heteroatoms. The lowest BCUT2D eigenvalue weighted by Gasteiger charge is -2.19. The van der Waals surface area contributed by atoms with Gasteiger partial charge < -0.3 is 19.6 Å². The lowest BCUT2D eigenvalue weighted by Crippen LogP contribution is -2.28. The van der Waals surface area contributed by atoms with Gasteiger partial charge in [0.15, 0.2) is 17.7 Å². The second-order valence-electron chi connectivity index (χ2n) is 4.89. The average Bonchev–Trinajstić information content (AvgIpc) is 2.59. The van der Waals surface area contributed by atoms with Gasteiger partial charge in [-0.15, -0.1) is 20.2 Å². The summed E-state index contributed by atoms with van der Waals surface area (Å²) in [6.07, 6.45) is 0.190. The molecular formula is C14H16N4O8. The molecule has 26 heavy (non-hydrogen) atoms. The van der Waals surface area contributed by atoms with E-state index in [4.69, 9.17) is 9.47 Å². The molecule has 1 heterocycles. The van der Waals surface area contributed by atoms with Crippen molar-refractivity contribution in [1.82, 2.24) is 4.98 Å². The van der Waals surface area contributed by atoms with Gasteiger partial charge in [0.05, 0.1) is 19.7 Å². The van der Waals surface area contributed by atoms with Crippen LogP contribution < -0.4 is 14.8 Å². The Labute approximate surface area is 146 Å². The van der Waals surface area contributed by atoms with Gasteiger partial charge in [-0.2, -0.15) is 0 Å². The molecule has 140 valence electrons. The monoisotopic (exact) mass is 368 g/mol. The van der Waals surface area contributed by atoms with E-state index in [1.54, 1.807) is 18.2 Å². The molecule has 0 bridgehead atoms. The summed E-state index contributed by atoms with van der Waals surface area (Å²) in [5.41, 5.74) is 1.01. The van der Waals surface area contributed by atoms with Crippen molar-refractivity contribution in [2.45, 2.75) is 12.6 Å². The Hall–Kier alpha value is -3.57. The first-order chi connectivity index (χ1) is 12.4. The van der Waals surface area contributed by atoms with Gasteiger partial charge in [0.2, 0.25) is 0 Å². The second kappa shape index (κ2) is 8.50. The fraction of sp³-hybridized carbons (Fsp3) is 0.357. The molecule has 2 aromatic rings. The number of ether oxygens (including phenoxy) is 2. The number of pyridine rings is 1. The molecule has 2 rings (SSSR count). The number of methoxy groups -OCH3 is 2. The maximum Gasteiger partial charge on any atom is 0.296 e. The van der Waals surface area contributed by atoms with Crippen molar-refractivity contribution in [3.05, 3.63) is 44.6 Å². The van der Waals surface area contributed by atoms with Gasteiger partial charge in [-0.1, -0.05) is 0 Å². The van der Waals surface area contributed by atoms with Crippen molar-refractivity contribution >= 4 is 16.6 Å². The maximum atomic E-state index is 10.7. The third-order valence-electron chi connectivity index (χ3n) is 3.35. The van der Waals surface area contributed by atoms with Crippen molar-refractivity contribution in [3.63, 3.8) is 0 Å². The van der Waals surface area contributed by atoms with E-state index in [0.29, 0.717) is 28.1 Å². The van der Waals surface area contributed by atoms with Gasteiger partial charge in [-0.05, 0) is 12.1 Å². The van der Waals surface area contributed by atoms with Crippen LogP contribution in [0.4, 0.5) is 5.69 Å². The number of hydrogen-bond donors (Lipinski definition) is 1. The summed E-state index contributed by atoms with van der Waals surface area (Å²) in [7, 11) is 2.96. The average molecular weight is 368 g/mol. The van der Waals surface area contributed by atoms with E-state index in [9.17, 15) is 20.2 Å². The van der Waals surface area contributed by atoms with Gasteiger partial charge >= 0.3 is 0 Å². The molecule has 0 aliphatic rings. The zero-order valence-corrected chi connectivity index (χ0v) is 13.9. The number of benzene rings is 1. The van der Waals surface area contributed by atoms with E-state index >= 15 is 0 Å². The summed E-state index contributed by atoms with van der Waals surface area (Å²) in [6, 6.07) is 4.89. The molecule has 1 N–H and O–H groups in total. The minimum atomic E-state index is -1.16. The topological polar surface area (TPSA) is 148 Å². The molecule has 0 radical (unpaired) electrons. The molecule has 0 amide bonds. The third kappa shape index (κ3) is 4.72. The van der Waals surface area contributed by atoms with E-state index in [1.165, 1.54) is 20.4 Å². The van der Waals surface area contributed by atoms with Crippen molar-refractivity contribution in [3.8, 4) is 11.5 Å². The molecule has 1 atom stereocenters. The zero-order chi connectivity index (χ0) is 19.1. The second-order valence-corrected chi connectivity index (χ2v) is 4.89. The van der Waals surface area contributed by atoms with Crippen molar-refractivity contribution in [1.29, 1.82) is 0 Å². The predicted molar refractivity (Wildman–Crippen MR) is 87.9 cm³/mol. The fourth-order valence-corrected chi connectivity index (χ4v) is 2.26. The molecule has 1 aromatic heterocycles. The predicted octanol–water partition coefficient (Wildman–Crippen LogP) is 1.80. The largest absolute Gasteiger partial charge is 0.493 e. The van der Waals surface area contributed by atoms with Crippen LogP contribution in [0, 0.1) is 20.2 Å². The van der Waals surface area contributed by atoms with Crippen molar-refractivity contribution in [2.75, 3.05) is 26.1 Å². The summed E-state index contributed by atoms with van der Waals surface area (Å²) >= 11 is 0. The highest BCUT2D eigenvalue weighted by Crippen LogP contribution is 2.34. The molecule has 1 unspecified atom stereocenters. The van der Waals surface area contributed by atoms with Gasteiger partial charge in [0.25, 0.3) is 10.2 Å². The standard InChI is InChI=1S/C14H16N4O8/c1-23-12-7-9-10(3-5-15-11(9)8-13(12)24-2)16-14(26-18(21)22)4-6-25-17(19)20/h3,5,7-8,14H,4,6H2,1-2H3,(H,15,16). The van der Waals surface area contributed by atoms with E-state index in [2.05, 4.69) is 20.0 Å². The van der Waals surface area contributed by atoms with Gasteiger partial charge in [0, 0.05) is 29.8 Å².